The van der Waals surface area contributed by atoms with E-state index < -0.39 is 23.3 Å². The number of rotatable bonds is 4. The van der Waals surface area contributed by atoms with Crippen LogP contribution in [0.15, 0.2) is 41.6 Å². The van der Waals surface area contributed by atoms with Crippen molar-refractivity contribution in [2.24, 2.45) is 0 Å². The van der Waals surface area contributed by atoms with Crippen LogP contribution in [0.4, 0.5) is 13.6 Å². The molecular weight excluding hydrogens is 412 g/mol. The lowest BCUT2D eigenvalue weighted by Crippen LogP contribution is -2.48. The minimum absolute atomic E-state index is 0.0785. The highest BCUT2D eigenvalue weighted by atomic mass is 32.2. The van der Waals surface area contributed by atoms with Gasteiger partial charge < -0.3 is 9.64 Å². The molecule has 2 fully saturated rings. The van der Waals surface area contributed by atoms with Gasteiger partial charge in [0, 0.05) is 38.7 Å². The van der Waals surface area contributed by atoms with Crippen molar-refractivity contribution < 1.29 is 23.1 Å². The van der Waals surface area contributed by atoms with Gasteiger partial charge in [-0.1, -0.05) is 6.07 Å². The minimum atomic E-state index is -0.943. The number of pyridine rings is 1. The number of hydrogen-bond acceptors (Lipinski definition) is 5. The topological polar surface area (TPSA) is 62.7 Å². The largest absolute Gasteiger partial charge is 0.441 e. The van der Waals surface area contributed by atoms with Crippen LogP contribution >= 0.6 is 11.8 Å². The Hall–Kier alpha value is -2.68. The van der Waals surface area contributed by atoms with E-state index in [1.807, 2.05) is 6.26 Å². The predicted molar refractivity (Wildman–Crippen MR) is 107 cm³/mol. The maximum atomic E-state index is 13.5. The number of carbonyl (C=O) groups is 2. The number of amides is 2. The number of nitrogens with zero attached hydrogens (tertiary/aromatic N) is 3. The summed E-state index contributed by atoms with van der Waals surface area (Å²) in [5, 5.41) is 0.688. The summed E-state index contributed by atoms with van der Waals surface area (Å²) in [5.41, 5.74) is 0.407. The Bertz CT molecular complexity index is 980. The van der Waals surface area contributed by atoms with Crippen molar-refractivity contribution in [3.8, 4) is 0 Å². The van der Waals surface area contributed by atoms with Gasteiger partial charge in [0.25, 0.3) is 5.91 Å². The van der Waals surface area contributed by atoms with Gasteiger partial charge in [0.15, 0.2) is 11.6 Å². The molecule has 0 aliphatic carbocycles. The summed E-state index contributed by atoms with van der Waals surface area (Å²) in [5.74, 6) is -1.94. The average Bonchev–Trinajstić information content (AvgIpc) is 3.05. The van der Waals surface area contributed by atoms with Gasteiger partial charge in [-0.2, -0.15) is 0 Å². The first-order valence-corrected chi connectivity index (χ1v) is 10.8. The van der Waals surface area contributed by atoms with Crippen LogP contribution < -0.4 is 0 Å². The lowest BCUT2D eigenvalue weighted by Gasteiger charge is -2.37. The molecule has 6 nitrogen and oxygen atoms in total. The van der Waals surface area contributed by atoms with Crippen molar-refractivity contribution in [2.45, 2.75) is 30.0 Å². The molecule has 4 rings (SSSR count). The first-order valence-electron chi connectivity index (χ1n) is 9.61. The van der Waals surface area contributed by atoms with E-state index in [0.717, 1.165) is 12.1 Å². The number of likely N-dealkylation sites (tertiary alicyclic amines) is 1. The molecule has 0 bridgehead atoms. The number of hydrogen-bond donors (Lipinski definition) is 0. The number of benzene rings is 1. The lowest BCUT2D eigenvalue weighted by molar-refractivity contribution is 0.00301. The lowest BCUT2D eigenvalue weighted by atomic mass is 9.91. The van der Waals surface area contributed by atoms with Crippen molar-refractivity contribution in [3.05, 3.63) is 59.3 Å². The fraction of sp³-hybridized carbons (Fsp3) is 0.381. The number of piperidine rings is 1. The first-order chi connectivity index (χ1) is 14.4. The highest BCUT2D eigenvalue weighted by Crippen LogP contribution is 2.35. The Labute approximate surface area is 177 Å². The van der Waals surface area contributed by atoms with Gasteiger partial charge in [-0.25, -0.2) is 18.6 Å². The molecule has 0 unspecified atom stereocenters. The maximum absolute atomic E-state index is 13.5. The summed E-state index contributed by atoms with van der Waals surface area (Å²) in [4.78, 5) is 32.8. The summed E-state index contributed by atoms with van der Waals surface area (Å²) in [6.45, 7) is 1.44. The van der Waals surface area contributed by atoms with Crippen LogP contribution in [0.5, 0.6) is 0 Å². The molecule has 1 aromatic carbocycles. The van der Waals surface area contributed by atoms with Crippen LogP contribution in [-0.4, -0.2) is 58.3 Å². The van der Waals surface area contributed by atoms with E-state index in [2.05, 4.69) is 4.98 Å². The molecule has 158 valence electrons. The first kappa shape index (κ1) is 20.6. The molecule has 0 N–H and O–H groups in total. The SMILES string of the molecule is CSc1ncccc1C(=O)N1CCC2(CC1)CN(Cc1ccc(F)c(F)c1)C(=O)O2. The molecule has 0 saturated carbocycles. The molecule has 30 heavy (non-hydrogen) atoms. The number of carbonyl (C=O) groups excluding carboxylic acids is 2. The summed E-state index contributed by atoms with van der Waals surface area (Å²) >= 11 is 1.43. The van der Waals surface area contributed by atoms with Gasteiger partial charge in [-0.3, -0.25) is 9.69 Å². The molecular formula is C21H21F2N3O3S. The molecule has 2 amide bonds. The van der Waals surface area contributed by atoms with Crippen LogP contribution in [0.2, 0.25) is 0 Å². The molecule has 0 atom stereocenters. The predicted octanol–water partition coefficient (Wildman–Crippen LogP) is 3.71. The van der Waals surface area contributed by atoms with E-state index in [1.54, 1.807) is 23.2 Å². The van der Waals surface area contributed by atoms with Crippen LogP contribution in [0.25, 0.3) is 0 Å². The number of halogens is 2. The van der Waals surface area contributed by atoms with Gasteiger partial charge in [0.2, 0.25) is 0 Å². The van der Waals surface area contributed by atoms with Crippen LogP contribution in [-0.2, 0) is 11.3 Å². The molecule has 2 aliphatic heterocycles. The van der Waals surface area contributed by atoms with Gasteiger partial charge >= 0.3 is 6.09 Å². The fourth-order valence-electron chi connectivity index (χ4n) is 3.94. The summed E-state index contributed by atoms with van der Waals surface area (Å²) in [6, 6.07) is 7.10. The molecule has 2 saturated heterocycles. The number of thioether (sulfide) groups is 1. The molecule has 2 aliphatic rings. The normalized spacial score (nSPS) is 18.0. The van der Waals surface area contributed by atoms with E-state index in [0.29, 0.717) is 48.6 Å². The van der Waals surface area contributed by atoms with Gasteiger partial charge in [-0.05, 0) is 36.1 Å². The average molecular weight is 433 g/mol. The third-order valence-corrected chi connectivity index (χ3v) is 6.27. The van der Waals surface area contributed by atoms with Crippen LogP contribution in [0.1, 0.15) is 28.8 Å². The Morgan fingerprint density at radius 1 is 1.23 bits per heavy atom. The Morgan fingerprint density at radius 3 is 2.70 bits per heavy atom. The molecule has 3 heterocycles. The third kappa shape index (κ3) is 3.98. The molecule has 9 heteroatoms. The second-order valence-electron chi connectivity index (χ2n) is 7.51. The van der Waals surface area contributed by atoms with Crippen molar-refractivity contribution >= 4 is 23.8 Å². The van der Waals surface area contributed by atoms with Crippen LogP contribution in [0, 0.1) is 11.6 Å². The van der Waals surface area contributed by atoms with E-state index in [-0.39, 0.29) is 12.5 Å². The smallest absolute Gasteiger partial charge is 0.410 e. The Balaban J connectivity index is 1.40. The highest BCUT2D eigenvalue weighted by molar-refractivity contribution is 7.98. The van der Waals surface area contributed by atoms with Gasteiger partial charge in [0.1, 0.15) is 10.6 Å². The van der Waals surface area contributed by atoms with E-state index in [4.69, 9.17) is 4.74 Å². The zero-order valence-corrected chi connectivity index (χ0v) is 17.3. The van der Waals surface area contributed by atoms with Crippen molar-refractivity contribution in [3.63, 3.8) is 0 Å². The van der Waals surface area contributed by atoms with Gasteiger partial charge in [0.05, 0.1) is 12.1 Å². The van der Waals surface area contributed by atoms with Crippen molar-refractivity contribution in [1.82, 2.24) is 14.8 Å². The van der Waals surface area contributed by atoms with Crippen LogP contribution in [0.3, 0.4) is 0 Å². The molecule has 1 spiro atoms. The summed E-state index contributed by atoms with van der Waals surface area (Å²) < 4.78 is 32.3. The summed E-state index contributed by atoms with van der Waals surface area (Å²) in [7, 11) is 0. The minimum Gasteiger partial charge on any atom is -0.441 e. The number of ether oxygens (including phenoxy) is 1. The fourth-order valence-corrected chi connectivity index (χ4v) is 4.48. The second-order valence-corrected chi connectivity index (χ2v) is 8.30. The van der Waals surface area contributed by atoms with E-state index >= 15 is 0 Å². The molecule has 2 aromatic rings. The monoisotopic (exact) mass is 433 g/mol. The Morgan fingerprint density at radius 2 is 2.00 bits per heavy atom. The van der Waals surface area contributed by atoms with Crippen molar-refractivity contribution in [2.75, 3.05) is 25.9 Å². The zero-order chi connectivity index (χ0) is 21.3. The van der Waals surface area contributed by atoms with Crippen molar-refractivity contribution in [1.29, 1.82) is 0 Å². The van der Waals surface area contributed by atoms with E-state index in [1.165, 1.54) is 22.7 Å². The summed E-state index contributed by atoms with van der Waals surface area (Å²) in [6.07, 6.45) is 4.11. The second kappa shape index (κ2) is 8.22. The Kier molecular flexibility index (Phi) is 5.64. The third-order valence-electron chi connectivity index (χ3n) is 5.56. The standard InChI is InChI=1S/C21H21F2N3O3S/c1-30-18-15(3-2-8-24-18)19(27)25-9-6-21(7-10-25)13-26(20(28)29-21)12-14-4-5-16(22)17(23)11-14/h2-5,8,11H,6-7,9-10,12-13H2,1H3. The number of aromatic nitrogens is 1. The molecule has 0 radical (unpaired) electrons. The molecule has 1 aromatic heterocycles. The zero-order valence-electron chi connectivity index (χ0n) is 16.4. The maximum Gasteiger partial charge on any atom is 0.410 e. The van der Waals surface area contributed by atoms with Gasteiger partial charge in [-0.15, -0.1) is 11.8 Å². The highest BCUT2D eigenvalue weighted by Gasteiger charge is 2.47. The quantitative estimate of drug-likeness (QED) is 0.688. The van der Waals surface area contributed by atoms with E-state index in [9.17, 15) is 18.4 Å².